The van der Waals surface area contributed by atoms with E-state index in [2.05, 4.69) is 0 Å². The van der Waals surface area contributed by atoms with Gasteiger partial charge in [0.05, 0.1) is 25.0 Å². The molecule has 1 N–H and O–H groups in total. The highest BCUT2D eigenvalue weighted by Gasteiger charge is 2.34. The van der Waals surface area contributed by atoms with Gasteiger partial charge in [0, 0.05) is 0 Å². The third-order valence-electron chi connectivity index (χ3n) is 1.70. The van der Waals surface area contributed by atoms with Gasteiger partial charge in [0.2, 0.25) is 10.0 Å². The van der Waals surface area contributed by atoms with E-state index in [9.17, 15) is 8.42 Å². The van der Waals surface area contributed by atoms with Crippen molar-refractivity contribution in [2.24, 2.45) is 5.41 Å². The SMILES string of the molecule is CC(C)(C)CS(=O)(=O)N1CC(O)CO1. The van der Waals surface area contributed by atoms with Crippen LogP contribution < -0.4 is 0 Å². The van der Waals surface area contributed by atoms with Gasteiger partial charge in [-0.15, -0.1) is 0 Å². The molecule has 1 heterocycles. The van der Waals surface area contributed by atoms with Crippen LogP contribution in [-0.4, -0.2) is 43.0 Å². The molecule has 0 saturated carbocycles. The largest absolute Gasteiger partial charge is 0.389 e. The number of rotatable bonds is 2. The summed E-state index contributed by atoms with van der Waals surface area (Å²) in [7, 11) is -3.40. The van der Waals surface area contributed by atoms with Crippen molar-refractivity contribution in [3.05, 3.63) is 0 Å². The molecule has 0 aromatic carbocycles. The van der Waals surface area contributed by atoms with Crippen LogP contribution in [0.3, 0.4) is 0 Å². The third kappa shape index (κ3) is 3.20. The maximum absolute atomic E-state index is 11.7. The molecule has 1 aliphatic rings. The minimum absolute atomic E-state index is 0.0206. The lowest BCUT2D eigenvalue weighted by molar-refractivity contribution is -0.0322. The van der Waals surface area contributed by atoms with Crippen molar-refractivity contribution in [3.63, 3.8) is 0 Å². The molecule has 0 amide bonds. The second-order valence-electron chi connectivity index (χ2n) is 4.75. The van der Waals surface area contributed by atoms with Gasteiger partial charge in [0.1, 0.15) is 0 Å². The number of β-amino-alcohol motifs (C(OH)–C–C–N with tert-alkyl or cyclic N) is 1. The first-order valence-corrected chi connectivity index (χ1v) is 6.13. The van der Waals surface area contributed by atoms with E-state index >= 15 is 0 Å². The van der Waals surface area contributed by atoms with Crippen molar-refractivity contribution in [1.82, 2.24) is 4.47 Å². The van der Waals surface area contributed by atoms with E-state index in [4.69, 9.17) is 9.94 Å². The standard InChI is InChI=1S/C8H17NO4S/c1-8(2,3)6-14(11,12)9-4-7(10)5-13-9/h7,10H,4-6H2,1-3H3. The molecule has 5 nitrogen and oxygen atoms in total. The van der Waals surface area contributed by atoms with Crippen LogP contribution in [0.4, 0.5) is 0 Å². The van der Waals surface area contributed by atoms with Crippen molar-refractivity contribution >= 4 is 10.0 Å². The molecule has 84 valence electrons. The molecule has 1 fully saturated rings. The molecule has 0 radical (unpaired) electrons. The quantitative estimate of drug-likeness (QED) is 0.714. The Labute approximate surface area is 84.7 Å². The second kappa shape index (κ2) is 3.77. The summed E-state index contributed by atoms with van der Waals surface area (Å²) in [5, 5.41) is 9.13. The molecule has 6 heteroatoms. The summed E-state index contributed by atoms with van der Waals surface area (Å²) in [6.07, 6.45) is -0.704. The second-order valence-corrected chi connectivity index (χ2v) is 6.61. The van der Waals surface area contributed by atoms with Crippen molar-refractivity contribution in [3.8, 4) is 0 Å². The van der Waals surface area contributed by atoms with E-state index in [1.165, 1.54) is 0 Å². The van der Waals surface area contributed by atoms with Crippen molar-refractivity contribution in [2.75, 3.05) is 18.9 Å². The maximum Gasteiger partial charge on any atom is 0.236 e. The lowest BCUT2D eigenvalue weighted by Gasteiger charge is -2.21. The van der Waals surface area contributed by atoms with Crippen molar-refractivity contribution < 1.29 is 18.4 Å². The molecule has 14 heavy (non-hydrogen) atoms. The Morgan fingerprint density at radius 3 is 2.43 bits per heavy atom. The van der Waals surface area contributed by atoms with Crippen LogP contribution in [0, 0.1) is 5.41 Å². The number of hydrogen-bond acceptors (Lipinski definition) is 4. The summed E-state index contributed by atoms with van der Waals surface area (Å²) in [6, 6.07) is 0. The molecule has 1 atom stereocenters. The molecule has 0 aromatic heterocycles. The number of aliphatic hydroxyl groups is 1. The lowest BCUT2D eigenvalue weighted by atomic mass is 10.0. The molecule has 0 aromatic rings. The molecule has 1 rings (SSSR count). The summed E-state index contributed by atoms with van der Waals surface area (Å²) in [4.78, 5) is 4.87. The lowest BCUT2D eigenvalue weighted by Crippen LogP contribution is -2.35. The first kappa shape index (κ1) is 11.9. The molecule has 1 saturated heterocycles. The van der Waals surface area contributed by atoms with E-state index in [0.717, 1.165) is 4.47 Å². The monoisotopic (exact) mass is 223 g/mol. The zero-order valence-electron chi connectivity index (χ0n) is 8.73. The Kier molecular flexibility index (Phi) is 3.20. The Bertz CT molecular complexity index is 293. The summed E-state index contributed by atoms with van der Waals surface area (Å²) in [5.74, 6) is 0.0206. The fourth-order valence-corrected chi connectivity index (χ4v) is 3.12. The van der Waals surface area contributed by atoms with E-state index < -0.39 is 16.1 Å². The minimum Gasteiger partial charge on any atom is -0.389 e. The average molecular weight is 223 g/mol. The summed E-state index contributed by atoms with van der Waals surface area (Å²) >= 11 is 0. The predicted molar refractivity (Wildman–Crippen MR) is 51.9 cm³/mol. The van der Waals surface area contributed by atoms with E-state index in [0.29, 0.717) is 0 Å². The smallest absolute Gasteiger partial charge is 0.236 e. The first-order valence-electron chi connectivity index (χ1n) is 4.52. The average Bonchev–Trinajstić information content (AvgIpc) is 2.29. The number of aliphatic hydroxyl groups excluding tert-OH is 1. The van der Waals surface area contributed by atoms with Gasteiger partial charge in [0.15, 0.2) is 0 Å². The summed E-state index contributed by atoms with van der Waals surface area (Å²) in [5.41, 5.74) is -0.310. The van der Waals surface area contributed by atoms with Gasteiger partial charge in [-0.05, 0) is 5.41 Å². The van der Waals surface area contributed by atoms with Gasteiger partial charge in [-0.25, -0.2) is 8.42 Å². The predicted octanol–water partition coefficient (Wildman–Crippen LogP) is -0.0296. The topological polar surface area (TPSA) is 66.8 Å². The van der Waals surface area contributed by atoms with Crippen LogP contribution in [0.1, 0.15) is 20.8 Å². The highest BCUT2D eigenvalue weighted by atomic mass is 32.2. The van der Waals surface area contributed by atoms with Crippen LogP contribution in [-0.2, 0) is 14.9 Å². The van der Waals surface area contributed by atoms with Gasteiger partial charge < -0.3 is 5.11 Å². The third-order valence-corrected chi connectivity index (χ3v) is 3.80. The van der Waals surface area contributed by atoms with Crippen LogP contribution in [0.5, 0.6) is 0 Å². The Morgan fingerprint density at radius 1 is 1.50 bits per heavy atom. The maximum atomic E-state index is 11.7. The highest BCUT2D eigenvalue weighted by Crippen LogP contribution is 2.21. The summed E-state index contributed by atoms with van der Waals surface area (Å²) in [6.45, 7) is 5.63. The van der Waals surface area contributed by atoms with Crippen molar-refractivity contribution in [2.45, 2.75) is 26.9 Å². The van der Waals surface area contributed by atoms with Gasteiger partial charge in [0.25, 0.3) is 0 Å². The van der Waals surface area contributed by atoms with E-state index in [1.807, 2.05) is 20.8 Å². The number of hydrogen-bond donors (Lipinski definition) is 1. The zero-order chi connectivity index (χ0) is 11.0. The number of nitrogens with zero attached hydrogens (tertiary/aromatic N) is 1. The Balaban J connectivity index is 2.67. The number of sulfonamides is 1. The molecular weight excluding hydrogens is 206 g/mol. The van der Waals surface area contributed by atoms with E-state index in [-0.39, 0.29) is 24.3 Å². The summed E-state index contributed by atoms with van der Waals surface area (Å²) < 4.78 is 24.3. The number of hydroxylamine groups is 1. The highest BCUT2D eigenvalue weighted by molar-refractivity contribution is 7.89. The van der Waals surface area contributed by atoms with Crippen LogP contribution in [0.2, 0.25) is 0 Å². The van der Waals surface area contributed by atoms with Gasteiger partial charge in [-0.3, -0.25) is 4.84 Å². The van der Waals surface area contributed by atoms with Gasteiger partial charge in [-0.2, -0.15) is 0 Å². The minimum atomic E-state index is -3.40. The molecule has 1 aliphatic heterocycles. The fourth-order valence-electron chi connectivity index (χ4n) is 1.26. The van der Waals surface area contributed by atoms with Crippen LogP contribution in [0.25, 0.3) is 0 Å². The molecular formula is C8H17NO4S. The molecule has 1 unspecified atom stereocenters. The van der Waals surface area contributed by atoms with E-state index in [1.54, 1.807) is 0 Å². The van der Waals surface area contributed by atoms with Crippen LogP contribution >= 0.6 is 0 Å². The Hall–Kier alpha value is -0.170. The fraction of sp³-hybridized carbons (Fsp3) is 1.00. The molecule has 0 aliphatic carbocycles. The Morgan fingerprint density at radius 2 is 2.07 bits per heavy atom. The van der Waals surface area contributed by atoms with Gasteiger partial charge in [-0.1, -0.05) is 25.2 Å². The van der Waals surface area contributed by atoms with Gasteiger partial charge >= 0.3 is 0 Å². The molecule has 0 spiro atoms. The normalized spacial score (nSPS) is 25.6. The first-order chi connectivity index (χ1) is 6.21. The molecule has 0 bridgehead atoms. The van der Waals surface area contributed by atoms with Crippen molar-refractivity contribution in [1.29, 1.82) is 0 Å². The zero-order valence-corrected chi connectivity index (χ0v) is 9.54. The van der Waals surface area contributed by atoms with Crippen LogP contribution in [0.15, 0.2) is 0 Å².